The van der Waals surface area contributed by atoms with Gasteiger partial charge >= 0.3 is 0 Å². The average Bonchev–Trinajstić information content (AvgIpc) is 2.81. The molecule has 0 atom stereocenters. The van der Waals surface area contributed by atoms with E-state index in [1.54, 1.807) is 0 Å². The van der Waals surface area contributed by atoms with Gasteiger partial charge in [-0.05, 0) is 67.1 Å². The van der Waals surface area contributed by atoms with E-state index in [9.17, 15) is 0 Å². The second-order valence-corrected chi connectivity index (χ2v) is 8.31. The molecule has 0 unspecified atom stereocenters. The third kappa shape index (κ3) is 5.71. The van der Waals surface area contributed by atoms with Crippen molar-refractivity contribution in [2.75, 3.05) is 32.0 Å². The van der Waals surface area contributed by atoms with E-state index >= 15 is 0 Å². The summed E-state index contributed by atoms with van der Waals surface area (Å²) in [5.74, 6) is 0.632. The van der Waals surface area contributed by atoms with Gasteiger partial charge in [-0.1, -0.05) is 72.8 Å². The van der Waals surface area contributed by atoms with E-state index in [2.05, 4.69) is 77.7 Å². The Bertz CT molecular complexity index is 832. The SMILES string of the molecule is Nc1ccc(CCN2CCC(COC(c3ccccc3)c3ccccc3)CC2)cc1. The van der Waals surface area contributed by atoms with Gasteiger partial charge < -0.3 is 15.4 Å². The number of rotatable bonds is 8. The molecule has 1 saturated heterocycles. The number of benzene rings is 3. The number of hydrogen-bond acceptors (Lipinski definition) is 3. The molecule has 2 N–H and O–H groups in total. The third-order valence-electron chi connectivity index (χ3n) is 6.11. The van der Waals surface area contributed by atoms with E-state index in [0.29, 0.717) is 5.92 Å². The van der Waals surface area contributed by atoms with E-state index in [1.807, 2.05) is 12.1 Å². The summed E-state index contributed by atoms with van der Waals surface area (Å²) in [7, 11) is 0. The molecule has 3 aromatic carbocycles. The number of nitrogen functional groups attached to an aromatic ring is 1. The lowest BCUT2D eigenvalue weighted by Crippen LogP contribution is -2.36. The number of piperidine rings is 1. The first-order valence-electron chi connectivity index (χ1n) is 11.1. The zero-order valence-corrected chi connectivity index (χ0v) is 17.6. The van der Waals surface area contributed by atoms with Crippen LogP contribution in [0, 0.1) is 5.92 Å². The Labute approximate surface area is 180 Å². The molecule has 3 aromatic rings. The van der Waals surface area contributed by atoms with Crippen LogP contribution in [0.4, 0.5) is 5.69 Å². The summed E-state index contributed by atoms with van der Waals surface area (Å²) < 4.78 is 6.50. The second kappa shape index (κ2) is 10.4. The predicted molar refractivity (Wildman–Crippen MR) is 124 cm³/mol. The summed E-state index contributed by atoms with van der Waals surface area (Å²) in [6.07, 6.45) is 3.51. The highest BCUT2D eigenvalue weighted by Crippen LogP contribution is 2.28. The van der Waals surface area contributed by atoms with Crippen molar-refractivity contribution < 1.29 is 4.74 Å². The van der Waals surface area contributed by atoms with Gasteiger partial charge in [0.1, 0.15) is 6.10 Å². The molecule has 3 nitrogen and oxygen atoms in total. The molecule has 156 valence electrons. The fraction of sp³-hybridized carbons (Fsp3) is 0.333. The summed E-state index contributed by atoms with van der Waals surface area (Å²) in [5, 5.41) is 0. The predicted octanol–water partition coefficient (Wildman–Crippen LogP) is 5.33. The fourth-order valence-electron chi connectivity index (χ4n) is 4.22. The van der Waals surface area contributed by atoms with Crippen LogP contribution < -0.4 is 5.73 Å². The first kappa shape index (κ1) is 20.6. The lowest BCUT2D eigenvalue weighted by atomic mass is 9.96. The van der Waals surface area contributed by atoms with Gasteiger partial charge in [-0.25, -0.2) is 0 Å². The second-order valence-electron chi connectivity index (χ2n) is 8.31. The van der Waals surface area contributed by atoms with Crippen molar-refractivity contribution in [3.63, 3.8) is 0 Å². The molecule has 0 aliphatic carbocycles. The van der Waals surface area contributed by atoms with Gasteiger partial charge in [0.05, 0.1) is 6.61 Å². The van der Waals surface area contributed by atoms with Gasteiger partial charge in [0.15, 0.2) is 0 Å². The molecule has 1 fully saturated rings. The lowest BCUT2D eigenvalue weighted by molar-refractivity contribution is 0.0311. The van der Waals surface area contributed by atoms with Crippen LogP contribution in [-0.2, 0) is 11.2 Å². The molecule has 0 saturated carbocycles. The first-order valence-corrected chi connectivity index (χ1v) is 11.1. The van der Waals surface area contributed by atoms with Gasteiger partial charge in [0, 0.05) is 12.2 Å². The minimum absolute atomic E-state index is 0.0101. The molecular weight excluding hydrogens is 368 g/mol. The van der Waals surface area contributed by atoms with Crippen LogP contribution >= 0.6 is 0 Å². The summed E-state index contributed by atoms with van der Waals surface area (Å²) in [4.78, 5) is 2.58. The number of nitrogens with two attached hydrogens (primary N) is 1. The Morgan fingerprint density at radius 2 is 1.37 bits per heavy atom. The van der Waals surface area contributed by atoms with E-state index in [4.69, 9.17) is 10.5 Å². The molecule has 1 aliphatic heterocycles. The van der Waals surface area contributed by atoms with Crippen LogP contribution in [-0.4, -0.2) is 31.1 Å². The highest BCUT2D eigenvalue weighted by molar-refractivity contribution is 5.39. The average molecular weight is 401 g/mol. The number of anilines is 1. The Hall–Kier alpha value is -2.62. The summed E-state index contributed by atoms with van der Waals surface area (Å²) in [6.45, 7) is 4.25. The Morgan fingerprint density at radius 1 is 0.800 bits per heavy atom. The van der Waals surface area contributed by atoms with E-state index < -0.39 is 0 Å². The molecule has 4 rings (SSSR count). The Balaban J connectivity index is 1.27. The fourth-order valence-corrected chi connectivity index (χ4v) is 4.22. The van der Waals surface area contributed by atoms with Crippen LogP contribution in [0.3, 0.4) is 0 Å². The molecule has 30 heavy (non-hydrogen) atoms. The molecule has 0 aromatic heterocycles. The van der Waals surface area contributed by atoms with Gasteiger partial charge in [0.2, 0.25) is 0 Å². The smallest absolute Gasteiger partial charge is 0.108 e. The van der Waals surface area contributed by atoms with Crippen molar-refractivity contribution in [2.45, 2.75) is 25.4 Å². The van der Waals surface area contributed by atoms with Crippen molar-refractivity contribution in [1.29, 1.82) is 0 Å². The van der Waals surface area contributed by atoms with Crippen LogP contribution in [0.25, 0.3) is 0 Å². The lowest BCUT2D eigenvalue weighted by Gasteiger charge is -2.32. The van der Waals surface area contributed by atoms with E-state index in [1.165, 1.54) is 29.5 Å². The zero-order chi connectivity index (χ0) is 20.6. The Kier molecular flexibility index (Phi) is 7.17. The molecule has 0 radical (unpaired) electrons. The topological polar surface area (TPSA) is 38.5 Å². The molecule has 3 heteroatoms. The molecule has 0 bridgehead atoms. The maximum atomic E-state index is 6.50. The van der Waals surface area contributed by atoms with Gasteiger partial charge in [0.25, 0.3) is 0 Å². The molecule has 1 aliphatic rings. The highest BCUT2D eigenvalue weighted by Gasteiger charge is 2.22. The summed E-state index contributed by atoms with van der Waals surface area (Å²) in [5.41, 5.74) is 10.4. The first-order chi connectivity index (χ1) is 14.8. The molecular formula is C27H32N2O. The van der Waals surface area contributed by atoms with Gasteiger partial charge in [-0.2, -0.15) is 0 Å². The molecule has 0 spiro atoms. The van der Waals surface area contributed by atoms with Crippen molar-refractivity contribution in [3.05, 3.63) is 102 Å². The zero-order valence-electron chi connectivity index (χ0n) is 17.6. The molecule has 1 heterocycles. The summed E-state index contributed by atoms with van der Waals surface area (Å²) >= 11 is 0. The minimum atomic E-state index is 0.0101. The monoisotopic (exact) mass is 400 g/mol. The number of likely N-dealkylation sites (tertiary alicyclic amines) is 1. The van der Waals surface area contributed by atoms with Crippen LogP contribution in [0.5, 0.6) is 0 Å². The minimum Gasteiger partial charge on any atom is -0.399 e. The maximum absolute atomic E-state index is 6.50. The van der Waals surface area contributed by atoms with Gasteiger partial charge in [-0.3, -0.25) is 0 Å². The van der Waals surface area contributed by atoms with Crippen molar-refractivity contribution in [2.24, 2.45) is 5.92 Å². The van der Waals surface area contributed by atoms with Crippen molar-refractivity contribution in [1.82, 2.24) is 4.90 Å². The van der Waals surface area contributed by atoms with Crippen molar-refractivity contribution >= 4 is 5.69 Å². The number of ether oxygens (including phenoxy) is 1. The van der Waals surface area contributed by atoms with E-state index in [-0.39, 0.29) is 6.10 Å². The third-order valence-corrected chi connectivity index (χ3v) is 6.11. The quantitative estimate of drug-likeness (QED) is 0.520. The van der Waals surface area contributed by atoms with Crippen LogP contribution in [0.1, 0.15) is 35.6 Å². The number of nitrogens with zero attached hydrogens (tertiary/aromatic N) is 1. The van der Waals surface area contributed by atoms with Gasteiger partial charge in [-0.15, -0.1) is 0 Å². The van der Waals surface area contributed by atoms with Crippen LogP contribution in [0.15, 0.2) is 84.9 Å². The maximum Gasteiger partial charge on any atom is 0.108 e. The number of hydrogen-bond donors (Lipinski definition) is 1. The molecule has 0 amide bonds. The highest BCUT2D eigenvalue weighted by atomic mass is 16.5. The Morgan fingerprint density at radius 3 is 1.93 bits per heavy atom. The largest absolute Gasteiger partial charge is 0.399 e. The summed E-state index contributed by atoms with van der Waals surface area (Å²) in [6, 6.07) is 29.4. The standard InChI is InChI=1S/C27H32N2O/c28-26-13-11-22(12-14-26)15-18-29-19-16-23(17-20-29)21-30-27(24-7-3-1-4-8-24)25-9-5-2-6-10-25/h1-14,23,27H,15-21,28H2. The van der Waals surface area contributed by atoms with Crippen LogP contribution in [0.2, 0.25) is 0 Å². The normalized spacial score (nSPS) is 15.5. The van der Waals surface area contributed by atoms with Crippen molar-refractivity contribution in [3.8, 4) is 0 Å². The van der Waals surface area contributed by atoms with E-state index in [0.717, 1.165) is 38.3 Å².